The minimum Gasteiger partial charge on any atom is -0.484 e. The van der Waals surface area contributed by atoms with E-state index in [1.807, 2.05) is 24.3 Å². The number of nitrogens with zero attached hydrogens (tertiary/aromatic N) is 4. The average Bonchev–Trinajstić information content (AvgIpc) is 3.57. The second kappa shape index (κ2) is 20.3. The highest BCUT2D eigenvalue weighted by Gasteiger charge is 2.41. The fraction of sp³-hybridized carbons (Fsp3) is 0.489. The monoisotopic (exact) mass is 849 g/mol. The zero-order valence-electron chi connectivity index (χ0n) is 32.0. The van der Waals surface area contributed by atoms with E-state index in [4.69, 9.17) is 30.4 Å². The Hall–Kier alpha value is -4.33. The molecule has 2 unspecified atom stereocenters. The summed E-state index contributed by atoms with van der Waals surface area (Å²) in [5.74, 6) is 2.55. The van der Waals surface area contributed by atoms with Gasteiger partial charge in [0, 0.05) is 61.7 Å². The van der Waals surface area contributed by atoms with Gasteiger partial charge >= 0.3 is 6.03 Å². The number of piperidine rings is 2. The van der Waals surface area contributed by atoms with Crippen LogP contribution in [0.5, 0.6) is 23.3 Å². The highest BCUT2D eigenvalue weighted by Crippen LogP contribution is 2.39. The minimum absolute atomic E-state index is 0. The number of benzene rings is 2. The summed E-state index contributed by atoms with van der Waals surface area (Å²) in [4.78, 5) is 24.9. The normalized spacial score (nSPS) is 27.2. The van der Waals surface area contributed by atoms with Crippen molar-refractivity contribution < 1.29 is 23.7 Å². The van der Waals surface area contributed by atoms with Crippen LogP contribution in [0, 0.1) is 0 Å². The zero-order valence-corrected chi connectivity index (χ0v) is 33.6. The number of halogens is 2. The largest absolute Gasteiger partial charge is 0.484 e. The number of amides is 2. The topological polar surface area (TPSA) is 150 Å². The van der Waals surface area contributed by atoms with Crippen molar-refractivity contribution >= 4 is 30.8 Å². The number of rotatable bonds is 7. The van der Waals surface area contributed by atoms with E-state index < -0.39 is 6.03 Å². The molecular weight excluding hydrogens is 789 g/mol. The molecule has 59 heavy (non-hydrogen) atoms. The molecule has 8 atom stereocenters. The predicted molar refractivity (Wildman–Crippen MR) is 235 cm³/mol. The number of carbonyl (C=O) groups is 1. The van der Waals surface area contributed by atoms with Gasteiger partial charge in [-0.15, -0.1) is 24.8 Å². The van der Waals surface area contributed by atoms with Crippen molar-refractivity contribution in [3.8, 4) is 23.3 Å². The summed E-state index contributed by atoms with van der Waals surface area (Å²) in [6, 6.07) is 27.4. The second-order valence-corrected chi connectivity index (χ2v) is 16.0. The summed E-state index contributed by atoms with van der Waals surface area (Å²) in [5, 5.41) is 2.90. The van der Waals surface area contributed by atoms with Gasteiger partial charge in [0.2, 0.25) is 0 Å². The number of ether oxygens (including phenoxy) is 4. The Morgan fingerprint density at radius 2 is 1.05 bits per heavy atom. The first-order valence-electron chi connectivity index (χ1n) is 19.9. The lowest BCUT2D eigenvalue weighted by molar-refractivity contribution is 0.0850. The van der Waals surface area contributed by atoms with Crippen molar-refractivity contribution in [2.24, 2.45) is 11.5 Å². The van der Waals surface area contributed by atoms with Gasteiger partial charge in [0.05, 0.1) is 0 Å². The van der Waals surface area contributed by atoms with Crippen LogP contribution >= 0.6 is 24.8 Å². The van der Waals surface area contributed by atoms with Gasteiger partial charge in [-0.3, -0.25) is 9.80 Å². The van der Waals surface area contributed by atoms with E-state index in [1.54, 1.807) is 12.4 Å². The maximum absolute atomic E-state index is 11.2. The van der Waals surface area contributed by atoms with Crippen molar-refractivity contribution in [1.29, 1.82) is 0 Å². The Morgan fingerprint density at radius 3 is 1.46 bits per heavy atom. The molecule has 2 aromatic carbocycles. The Labute approximate surface area is 361 Å². The second-order valence-electron chi connectivity index (χ2n) is 16.0. The zero-order chi connectivity index (χ0) is 37.3. The van der Waals surface area contributed by atoms with Crippen molar-refractivity contribution in [3.63, 3.8) is 0 Å². The summed E-state index contributed by atoms with van der Waals surface area (Å²) in [6.07, 6.45) is 12.5. The number of fused-ring (bicyclic) bond motifs is 6. The molecule has 8 heterocycles. The Kier molecular flexibility index (Phi) is 15.7. The summed E-state index contributed by atoms with van der Waals surface area (Å²) >= 11 is 0. The number of nitrogens with one attached hydrogen (secondary N) is 1. The lowest BCUT2D eigenvalue weighted by Crippen LogP contribution is -2.51. The fourth-order valence-electron chi connectivity index (χ4n) is 9.67. The number of hydrogen-bond acceptors (Lipinski definition) is 10. The molecule has 4 fully saturated rings. The molecule has 5 N–H and O–H groups in total. The van der Waals surface area contributed by atoms with Gasteiger partial charge in [0.15, 0.2) is 23.7 Å². The van der Waals surface area contributed by atoms with E-state index in [1.165, 1.54) is 36.8 Å². The maximum atomic E-state index is 11.2. The van der Waals surface area contributed by atoms with Crippen LogP contribution in [0.3, 0.4) is 0 Å². The van der Waals surface area contributed by atoms with Crippen molar-refractivity contribution in [1.82, 2.24) is 25.1 Å². The van der Waals surface area contributed by atoms with E-state index >= 15 is 0 Å². The smallest absolute Gasteiger partial charge is 0.312 e. The molecule has 4 aromatic rings. The summed E-state index contributed by atoms with van der Waals surface area (Å²) in [6.45, 7) is 2.97. The van der Waals surface area contributed by atoms with Crippen molar-refractivity contribution in [2.75, 3.05) is 13.2 Å². The van der Waals surface area contributed by atoms with Crippen LogP contribution in [-0.2, 0) is 13.1 Å². The minimum atomic E-state index is -0.412. The molecule has 10 rings (SSSR count). The molecular formula is C45H61Cl2N7O5. The molecule has 2 amide bonds. The van der Waals surface area contributed by atoms with Gasteiger partial charge in [0.1, 0.15) is 13.2 Å². The predicted octanol–water partition coefficient (Wildman–Crippen LogP) is 7.92. The molecule has 0 spiro atoms. The summed E-state index contributed by atoms with van der Waals surface area (Å²) < 4.78 is 23.6. The van der Waals surface area contributed by atoms with Crippen LogP contribution in [0.15, 0.2) is 85.2 Å². The van der Waals surface area contributed by atoms with Crippen molar-refractivity contribution in [2.45, 2.75) is 128 Å². The molecule has 6 aliphatic heterocycles. The number of carbonyl (C=O) groups excluding carboxylic acids is 1. The Morgan fingerprint density at radius 1 is 0.644 bits per heavy atom. The van der Waals surface area contributed by atoms with Crippen LogP contribution in [0.25, 0.3) is 0 Å². The lowest BCUT2D eigenvalue weighted by Gasteiger charge is -2.39. The Bertz CT molecular complexity index is 1930. The molecule has 0 radical (unpaired) electrons. The molecule has 2 aromatic heterocycles. The molecule has 14 heteroatoms. The molecule has 4 bridgehead atoms. The van der Waals surface area contributed by atoms with E-state index in [-0.39, 0.29) is 57.9 Å². The third kappa shape index (κ3) is 10.3. The number of hydrogen-bond donors (Lipinski definition) is 3. The summed E-state index contributed by atoms with van der Waals surface area (Å²) in [5.41, 5.74) is 16.4. The first kappa shape index (κ1) is 45.7. The molecule has 12 nitrogen and oxygen atoms in total. The molecule has 320 valence electrons. The number of pyridine rings is 2. The highest BCUT2D eigenvalue weighted by molar-refractivity contribution is 5.85. The van der Waals surface area contributed by atoms with Gasteiger partial charge in [0.25, 0.3) is 11.8 Å². The number of nitrogens with two attached hydrogens (primary N) is 2. The average molecular weight is 851 g/mol. The standard InChI is InChI=1S/C22H26N4O3.C21H25N3O2.2CH4.2ClH/c23-22(27)25-16-10-17-7-8-18(11-16)26(17)12-14-3-5-15(6-4-14)20-13-28-19-2-1-9-24-21(19)29-20;22-16-10-17-7-8-18(11-16)24(17)12-14-3-5-15(6-4-14)20-13-25-19-2-1-9-23-21(19)26-20;;;;/h1-6,9,16-18,20H,7-8,10-13H2,(H3,23,25,27);1-6,9,16-18,20H,7-8,10-13,22H2;2*1H4;2*1H/t2*16?,17-,18+,20-;;;;/m11..../s1. The third-order valence-corrected chi connectivity index (χ3v) is 12.3. The quantitative estimate of drug-likeness (QED) is 0.167. The SMILES string of the molecule is C.C.Cl.Cl.NC(=O)NC1C[C@H]2CC[C@@H](C1)N2Cc1ccc([C@H]2COc3cccnc3O2)cc1.NC1C[C@H]2CC[C@@H](C1)N2Cc1ccc([C@H]2COc3cccnc3O2)cc1. The highest BCUT2D eigenvalue weighted by atomic mass is 35.5. The van der Waals surface area contributed by atoms with Crippen molar-refractivity contribution in [3.05, 3.63) is 107 Å². The summed E-state index contributed by atoms with van der Waals surface area (Å²) in [7, 11) is 0. The van der Waals surface area contributed by atoms with Gasteiger partial charge in [-0.05, 0) is 97.9 Å². The van der Waals surface area contributed by atoms with Gasteiger partial charge in [-0.25, -0.2) is 14.8 Å². The third-order valence-electron chi connectivity index (χ3n) is 12.3. The van der Waals surface area contributed by atoms with E-state index in [0.29, 0.717) is 60.9 Å². The molecule has 6 aliphatic rings. The number of primary amides is 1. The molecule has 0 aliphatic carbocycles. The number of urea groups is 1. The van der Waals surface area contributed by atoms with Crippen LogP contribution in [0.1, 0.15) is 101 Å². The first-order chi connectivity index (χ1) is 26.9. The van der Waals surface area contributed by atoms with Crippen LogP contribution in [-0.4, -0.2) is 75.3 Å². The number of aromatic nitrogens is 2. The Balaban J connectivity index is 0.000000211. The first-order valence-corrected chi connectivity index (χ1v) is 19.9. The van der Waals surface area contributed by atoms with E-state index in [0.717, 1.165) is 55.6 Å². The van der Waals surface area contributed by atoms with Gasteiger partial charge in [-0.2, -0.15) is 0 Å². The molecule has 0 saturated carbocycles. The van der Waals surface area contributed by atoms with Crippen LogP contribution in [0.4, 0.5) is 4.79 Å². The van der Waals surface area contributed by atoms with Gasteiger partial charge in [-0.1, -0.05) is 63.4 Å². The van der Waals surface area contributed by atoms with E-state index in [9.17, 15) is 4.79 Å². The van der Waals surface area contributed by atoms with Gasteiger partial charge < -0.3 is 35.7 Å². The lowest BCUT2D eigenvalue weighted by atomic mass is 9.96. The maximum Gasteiger partial charge on any atom is 0.312 e. The van der Waals surface area contributed by atoms with E-state index in [2.05, 4.69) is 73.6 Å². The van der Waals surface area contributed by atoms with Crippen LogP contribution < -0.4 is 35.7 Å². The van der Waals surface area contributed by atoms with Crippen LogP contribution in [0.2, 0.25) is 0 Å². The fourth-order valence-corrected chi connectivity index (χ4v) is 9.67. The molecule has 4 saturated heterocycles.